The number of hydrogen-bond donors (Lipinski definition) is 0. The molecule has 2 aliphatic heterocycles. The summed E-state index contributed by atoms with van der Waals surface area (Å²) in [7, 11) is 0. The molecule has 1 aliphatic carbocycles. The first-order chi connectivity index (χ1) is 13.8. The van der Waals surface area contributed by atoms with Crippen LogP contribution in [0.1, 0.15) is 48.8 Å². The van der Waals surface area contributed by atoms with E-state index in [0.717, 1.165) is 24.5 Å². The lowest BCUT2D eigenvalue weighted by Gasteiger charge is -2.41. The molecule has 1 aromatic carbocycles. The third kappa shape index (κ3) is 2.76. The van der Waals surface area contributed by atoms with Gasteiger partial charge in [0.15, 0.2) is 5.82 Å². The van der Waals surface area contributed by atoms with E-state index in [9.17, 15) is 0 Å². The Balaban J connectivity index is 1.30. The second-order valence-corrected chi connectivity index (χ2v) is 8.61. The highest BCUT2D eigenvalue weighted by atomic mass is 16.5. The maximum atomic E-state index is 5.37. The molecule has 0 N–H and O–H groups in total. The van der Waals surface area contributed by atoms with Crippen LogP contribution in [0.2, 0.25) is 0 Å². The molecule has 7 nitrogen and oxygen atoms in total. The number of rotatable bonds is 4. The molecule has 146 valence electrons. The highest BCUT2D eigenvalue weighted by molar-refractivity contribution is 5.82. The summed E-state index contributed by atoms with van der Waals surface area (Å²) in [5.41, 5.74) is 3.98. The molecule has 0 spiro atoms. The molecule has 0 unspecified atom stereocenters. The Morgan fingerprint density at radius 2 is 1.86 bits per heavy atom. The SMILES string of the molecule is Cc1cc2cnn(-c3cn(C4CC4)nn3)c2cc1C1CCN(C2COC2)CC1. The van der Waals surface area contributed by atoms with Crippen molar-refractivity contribution in [2.45, 2.75) is 50.6 Å². The number of hydrogen-bond acceptors (Lipinski definition) is 5. The van der Waals surface area contributed by atoms with Crippen molar-refractivity contribution in [3.05, 3.63) is 35.7 Å². The molecule has 6 rings (SSSR count). The summed E-state index contributed by atoms with van der Waals surface area (Å²) in [6, 6.07) is 5.82. The molecule has 3 fully saturated rings. The molecule has 0 amide bonds. The van der Waals surface area contributed by atoms with Gasteiger partial charge in [0.2, 0.25) is 0 Å². The molecule has 2 saturated heterocycles. The fourth-order valence-corrected chi connectivity index (χ4v) is 4.72. The van der Waals surface area contributed by atoms with E-state index in [1.54, 1.807) is 0 Å². The Kier molecular flexibility index (Phi) is 3.81. The van der Waals surface area contributed by atoms with Gasteiger partial charge in [0.05, 0.1) is 43.2 Å². The van der Waals surface area contributed by atoms with Crippen molar-refractivity contribution in [1.82, 2.24) is 29.7 Å². The monoisotopic (exact) mass is 378 g/mol. The number of fused-ring (bicyclic) bond motifs is 1. The predicted octanol–water partition coefficient (Wildman–Crippen LogP) is 2.84. The van der Waals surface area contributed by atoms with Crippen LogP contribution in [0.15, 0.2) is 24.5 Å². The normalized spacial score (nSPS) is 22.0. The van der Waals surface area contributed by atoms with Crippen molar-refractivity contribution in [3.8, 4) is 5.82 Å². The van der Waals surface area contributed by atoms with Crippen molar-refractivity contribution in [2.24, 2.45) is 0 Å². The summed E-state index contributed by atoms with van der Waals surface area (Å²) < 4.78 is 9.30. The van der Waals surface area contributed by atoms with Gasteiger partial charge >= 0.3 is 0 Å². The summed E-state index contributed by atoms with van der Waals surface area (Å²) >= 11 is 0. The molecular formula is C21H26N6O. The molecule has 7 heteroatoms. The van der Waals surface area contributed by atoms with E-state index in [1.165, 1.54) is 55.3 Å². The summed E-state index contributed by atoms with van der Waals surface area (Å²) in [5.74, 6) is 1.43. The van der Waals surface area contributed by atoms with Crippen LogP contribution in [-0.2, 0) is 4.74 Å². The number of piperidine rings is 1. The average Bonchev–Trinajstić information content (AvgIpc) is 3.26. The lowest BCUT2D eigenvalue weighted by molar-refractivity contribution is -0.0712. The third-order valence-corrected chi connectivity index (χ3v) is 6.70. The standard InChI is InChI=1S/C21H26N6O/c1-14-8-16-10-22-27(21-11-26(24-23-21)17-2-3-17)20(16)9-19(14)15-4-6-25(7-5-15)18-12-28-13-18/h8-11,15,17-18H,2-7,12-13H2,1H3. The van der Waals surface area contributed by atoms with E-state index < -0.39 is 0 Å². The largest absolute Gasteiger partial charge is 0.378 e. The highest BCUT2D eigenvalue weighted by Gasteiger charge is 2.31. The predicted molar refractivity (Wildman–Crippen MR) is 106 cm³/mol. The van der Waals surface area contributed by atoms with E-state index in [1.807, 2.05) is 21.8 Å². The Labute approximate surface area is 164 Å². The van der Waals surface area contributed by atoms with Gasteiger partial charge in [-0.15, -0.1) is 5.10 Å². The van der Waals surface area contributed by atoms with Gasteiger partial charge in [0.1, 0.15) is 0 Å². The zero-order valence-electron chi connectivity index (χ0n) is 16.3. The van der Waals surface area contributed by atoms with Crippen LogP contribution < -0.4 is 0 Å². The lowest BCUT2D eigenvalue weighted by Crippen LogP contribution is -2.51. The number of ether oxygens (including phenoxy) is 1. The van der Waals surface area contributed by atoms with Crippen LogP contribution in [0.3, 0.4) is 0 Å². The minimum atomic E-state index is 0.534. The average molecular weight is 378 g/mol. The van der Waals surface area contributed by atoms with Gasteiger partial charge in [-0.2, -0.15) is 5.10 Å². The summed E-state index contributed by atoms with van der Waals surface area (Å²) in [6.07, 6.45) is 8.82. The van der Waals surface area contributed by atoms with E-state index in [0.29, 0.717) is 18.0 Å². The summed E-state index contributed by atoms with van der Waals surface area (Å²) in [6.45, 7) is 6.41. The Bertz CT molecular complexity index is 1010. The highest BCUT2D eigenvalue weighted by Crippen LogP contribution is 2.36. The van der Waals surface area contributed by atoms with Gasteiger partial charge in [-0.25, -0.2) is 9.36 Å². The number of benzene rings is 1. The van der Waals surface area contributed by atoms with E-state index in [-0.39, 0.29) is 0 Å². The molecular weight excluding hydrogens is 352 g/mol. The Morgan fingerprint density at radius 3 is 2.57 bits per heavy atom. The van der Waals surface area contributed by atoms with Crippen molar-refractivity contribution in [1.29, 1.82) is 0 Å². The first-order valence-corrected chi connectivity index (χ1v) is 10.5. The van der Waals surface area contributed by atoms with Crippen LogP contribution in [0.4, 0.5) is 0 Å². The molecule has 3 aromatic rings. The summed E-state index contributed by atoms with van der Waals surface area (Å²) in [5, 5.41) is 14.5. The maximum Gasteiger partial charge on any atom is 0.196 e. The van der Waals surface area contributed by atoms with Crippen LogP contribution in [-0.4, -0.2) is 62.0 Å². The fourth-order valence-electron chi connectivity index (χ4n) is 4.72. The van der Waals surface area contributed by atoms with Crippen LogP contribution in [0, 0.1) is 6.92 Å². The van der Waals surface area contributed by atoms with Crippen LogP contribution >= 0.6 is 0 Å². The molecule has 0 atom stereocenters. The summed E-state index contributed by atoms with van der Waals surface area (Å²) in [4.78, 5) is 2.61. The van der Waals surface area contributed by atoms with Crippen molar-refractivity contribution in [2.75, 3.05) is 26.3 Å². The molecule has 28 heavy (non-hydrogen) atoms. The van der Waals surface area contributed by atoms with Gasteiger partial charge in [-0.3, -0.25) is 4.90 Å². The minimum absolute atomic E-state index is 0.534. The third-order valence-electron chi connectivity index (χ3n) is 6.70. The maximum absolute atomic E-state index is 5.37. The van der Waals surface area contributed by atoms with Gasteiger partial charge < -0.3 is 4.74 Å². The van der Waals surface area contributed by atoms with Crippen LogP contribution in [0.5, 0.6) is 0 Å². The zero-order chi connectivity index (χ0) is 18.7. The smallest absolute Gasteiger partial charge is 0.196 e. The fraction of sp³-hybridized carbons (Fsp3) is 0.571. The molecule has 3 aliphatic rings. The Morgan fingerprint density at radius 1 is 1.04 bits per heavy atom. The topological polar surface area (TPSA) is 61.0 Å². The van der Waals surface area contributed by atoms with E-state index in [2.05, 4.69) is 39.4 Å². The van der Waals surface area contributed by atoms with Gasteiger partial charge in [0, 0.05) is 5.39 Å². The van der Waals surface area contributed by atoms with Gasteiger partial charge in [-0.05, 0) is 74.9 Å². The number of likely N-dealkylation sites (tertiary alicyclic amines) is 1. The van der Waals surface area contributed by atoms with Crippen molar-refractivity contribution in [3.63, 3.8) is 0 Å². The second-order valence-electron chi connectivity index (χ2n) is 8.61. The molecule has 2 aromatic heterocycles. The van der Waals surface area contributed by atoms with Crippen molar-refractivity contribution < 1.29 is 4.74 Å². The zero-order valence-corrected chi connectivity index (χ0v) is 16.3. The van der Waals surface area contributed by atoms with Gasteiger partial charge in [0.25, 0.3) is 0 Å². The quantitative estimate of drug-likeness (QED) is 0.699. The Hall–Kier alpha value is -2.25. The van der Waals surface area contributed by atoms with Crippen LogP contribution in [0.25, 0.3) is 16.7 Å². The molecule has 0 bridgehead atoms. The lowest BCUT2D eigenvalue weighted by atomic mass is 9.85. The first kappa shape index (κ1) is 16.7. The van der Waals surface area contributed by atoms with Gasteiger partial charge in [-0.1, -0.05) is 5.21 Å². The van der Waals surface area contributed by atoms with E-state index in [4.69, 9.17) is 4.74 Å². The number of aryl methyl sites for hydroxylation is 1. The van der Waals surface area contributed by atoms with E-state index >= 15 is 0 Å². The number of aromatic nitrogens is 5. The first-order valence-electron chi connectivity index (χ1n) is 10.5. The minimum Gasteiger partial charge on any atom is -0.378 e. The molecule has 4 heterocycles. The molecule has 1 saturated carbocycles. The molecule has 0 radical (unpaired) electrons. The van der Waals surface area contributed by atoms with Crippen molar-refractivity contribution >= 4 is 10.9 Å². The number of nitrogens with zero attached hydrogens (tertiary/aromatic N) is 6. The second kappa shape index (κ2) is 6.39.